The van der Waals surface area contributed by atoms with E-state index in [0.29, 0.717) is 26.4 Å². The summed E-state index contributed by atoms with van der Waals surface area (Å²) in [5.41, 5.74) is 0.279. The van der Waals surface area contributed by atoms with E-state index in [2.05, 4.69) is 4.98 Å². The monoisotopic (exact) mass is 493 g/mol. The summed E-state index contributed by atoms with van der Waals surface area (Å²) < 4.78 is 13.4. The third-order valence-corrected chi connectivity index (χ3v) is 7.38. The Hall–Kier alpha value is -3.17. The van der Waals surface area contributed by atoms with Crippen LogP contribution in [0.4, 0.5) is 0 Å². The summed E-state index contributed by atoms with van der Waals surface area (Å²) in [4.78, 5) is 33.5. The molecule has 0 N–H and O–H groups in total. The lowest BCUT2D eigenvalue weighted by atomic mass is 9.94. The molecule has 1 saturated heterocycles. The molecular formula is C25H23N3O4S2. The highest BCUT2D eigenvalue weighted by atomic mass is 32.2. The van der Waals surface area contributed by atoms with Gasteiger partial charge in [-0.1, -0.05) is 61.4 Å². The zero-order valence-corrected chi connectivity index (χ0v) is 20.2. The average molecular weight is 494 g/mol. The number of carbonyl (C=O) groups is 1. The molecule has 5 rings (SSSR count). The van der Waals surface area contributed by atoms with Crippen molar-refractivity contribution in [3.8, 4) is 17.4 Å². The number of aromatic nitrogens is 2. The van der Waals surface area contributed by atoms with Gasteiger partial charge in [-0.05, 0) is 43.2 Å². The lowest BCUT2D eigenvalue weighted by Gasteiger charge is -2.29. The fourth-order valence-corrected chi connectivity index (χ4v) is 5.74. The largest absolute Gasteiger partial charge is 0.493 e. The predicted octanol–water partition coefficient (Wildman–Crippen LogP) is 5.03. The number of thiocarbonyl (C=S) groups is 1. The molecule has 7 nitrogen and oxygen atoms in total. The Morgan fingerprint density at radius 1 is 1.06 bits per heavy atom. The van der Waals surface area contributed by atoms with Gasteiger partial charge in [-0.15, -0.1) is 0 Å². The van der Waals surface area contributed by atoms with Crippen molar-refractivity contribution in [1.82, 2.24) is 14.3 Å². The molecular weight excluding hydrogens is 470 g/mol. The lowest BCUT2D eigenvalue weighted by Crippen LogP contribution is -2.39. The Morgan fingerprint density at radius 2 is 1.79 bits per heavy atom. The summed E-state index contributed by atoms with van der Waals surface area (Å²) in [6.45, 7) is 0. The Kier molecular flexibility index (Phi) is 6.38. The Bertz CT molecular complexity index is 1360. The van der Waals surface area contributed by atoms with Gasteiger partial charge in [0.2, 0.25) is 5.88 Å². The summed E-state index contributed by atoms with van der Waals surface area (Å²) in [5.74, 6) is 0.861. The number of hydrogen-bond acceptors (Lipinski definition) is 7. The maximum absolute atomic E-state index is 13.5. The summed E-state index contributed by atoms with van der Waals surface area (Å²) in [5, 5.41) is 0. The van der Waals surface area contributed by atoms with E-state index in [1.807, 2.05) is 6.07 Å². The molecule has 3 aromatic rings. The molecule has 1 amide bonds. The first kappa shape index (κ1) is 22.6. The van der Waals surface area contributed by atoms with Crippen LogP contribution in [0.15, 0.2) is 58.4 Å². The first-order valence-corrected chi connectivity index (χ1v) is 12.4. The SMILES string of the molecule is COc1ccccc1Oc1nc2ccccn2c(=O)c1/C=C1/SC(=S)N(C2CCCCC2)C1=O. The van der Waals surface area contributed by atoms with Gasteiger partial charge in [0.15, 0.2) is 11.5 Å². The standard InChI is InChI=1S/C25H23N3O4S2/c1-31-18-11-5-6-12-19(18)32-22-17(23(29)27-14-8-7-13-21(27)26-22)15-20-24(30)28(25(33)34-20)16-9-3-2-4-10-16/h5-8,11-16H,2-4,9-10H2,1H3/b20-15+. The highest BCUT2D eigenvalue weighted by Gasteiger charge is 2.38. The second-order valence-electron chi connectivity index (χ2n) is 8.16. The van der Waals surface area contributed by atoms with Crippen LogP contribution in [-0.2, 0) is 4.79 Å². The number of para-hydroxylation sites is 2. The van der Waals surface area contributed by atoms with Crippen LogP contribution in [0.5, 0.6) is 17.4 Å². The molecule has 1 aliphatic heterocycles. The first-order chi connectivity index (χ1) is 16.6. The van der Waals surface area contributed by atoms with Gasteiger partial charge in [-0.25, -0.2) is 0 Å². The van der Waals surface area contributed by atoms with Crippen molar-refractivity contribution in [1.29, 1.82) is 0 Å². The molecule has 0 spiro atoms. The van der Waals surface area contributed by atoms with Crippen molar-refractivity contribution in [2.45, 2.75) is 38.1 Å². The number of pyridine rings is 1. The smallest absolute Gasteiger partial charge is 0.269 e. The number of nitrogens with zero attached hydrogens (tertiary/aromatic N) is 3. The van der Waals surface area contributed by atoms with E-state index in [9.17, 15) is 9.59 Å². The van der Waals surface area contributed by atoms with Gasteiger partial charge in [0.05, 0.1) is 12.0 Å². The zero-order valence-electron chi connectivity index (χ0n) is 18.6. The molecule has 174 valence electrons. The van der Waals surface area contributed by atoms with E-state index in [-0.39, 0.29) is 29.0 Å². The average Bonchev–Trinajstić information content (AvgIpc) is 3.14. The molecule has 0 atom stereocenters. The van der Waals surface area contributed by atoms with Gasteiger partial charge >= 0.3 is 0 Å². The van der Waals surface area contributed by atoms with E-state index in [1.54, 1.807) is 60.7 Å². The summed E-state index contributed by atoms with van der Waals surface area (Å²) >= 11 is 6.77. The van der Waals surface area contributed by atoms with Gasteiger partial charge in [-0.2, -0.15) is 4.98 Å². The molecule has 2 aliphatic rings. The number of carbonyl (C=O) groups excluding carboxylic acids is 1. The number of methoxy groups -OCH3 is 1. The van der Waals surface area contributed by atoms with Crippen molar-refractivity contribution in [3.05, 3.63) is 69.5 Å². The molecule has 2 fully saturated rings. The third-order valence-electron chi connectivity index (χ3n) is 6.05. The summed E-state index contributed by atoms with van der Waals surface area (Å²) in [6.07, 6.45) is 8.46. The molecule has 34 heavy (non-hydrogen) atoms. The molecule has 9 heteroatoms. The quantitative estimate of drug-likeness (QED) is 0.365. The van der Waals surface area contributed by atoms with Crippen LogP contribution >= 0.6 is 24.0 Å². The number of hydrogen-bond donors (Lipinski definition) is 0. The second-order valence-corrected chi connectivity index (χ2v) is 9.84. The molecule has 0 unspecified atom stereocenters. The minimum Gasteiger partial charge on any atom is -0.493 e. The number of benzene rings is 1. The second kappa shape index (κ2) is 9.60. The minimum absolute atomic E-state index is 0.101. The molecule has 2 aromatic heterocycles. The van der Waals surface area contributed by atoms with Crippen LogP contribution in [-0.4, -0.2) is 37.7 Å². The Morgan fingerprint density at radius 3 is 2.56 bits per heavy atom. The van der Waals surface area contributed by atoms with Gasteiger partial charge in [0.1, 0.15) is 15.5 Å². The zero-order chi connectivity index (χ0) is 23.7. The number of rotatable bonds is 5. The van der Waals surface area contributed by atoms with Gasteiger partial charge in [-0.3, -0.25) is 18.9 Å². The van der Waals surface area contributed by atoms with Gasteiger partial charge in [0, 0.05) is 12.2 Å². The first-order valence-electron chi connectivity index (χ1n) is 11.2. The van der Waals surface area contributed by atoms with Gasteiger partial charge in [0.25, 0.3) is 11.5 Å². The number of thioether (sulfide) groups is 1. The van der Waals surface area contributed by atoms with E-state index < -0.39 is 0 Å². The molecule has 0 bridgehead atoms. The molecule has 3 heterocycles. The highest BCUT2D eigenvalue weighted by molar-refractivity contribution is 8.26. The molecule has 1 aromatic carbocycles. The number of fused-ring (bicyclic) bond motifs is 1. The van der Waals surface area contributed by atoms with Gasteiger partial charge < -0.3 is 9.47 Å². The summed E-state index contributed by atoms with van der Waals surface area (Å²) in [7, 11) is 1.54. The van der Waals surface area contributed by atoms with E-state index in [4.69, 9.17) is 21.7 Å². The van der Waals surface area contributed by atoms with Crippen molar-refractivity contribution in [3.63, 3.8) is 0 Å². The maximum atomic E-state index is 13.5. The van der Waals surface area contributed by atoms with Crippen molar-refractivity contribution >= 4 is 45.9 Å². The highest BCUT2D eigenvalue weighted by Crippen LogP contribution is 2.38. The summed E-state index contributed by atoms with van der Waals surface area (Å²) in [6, 6.07) is 12.5. The van der Waals surface area contributed by atoms with Crippen LogP contribution < -0.4 is 15.0 Å². The minimum atomic E-state index is -0.335. The third kappa shape index (κ3) is 4.21. The lowest BCUT2D eigenvalue weighted by molar-refractivity contribution is -0.124. The number of ether oxygens (including phenoxy) is 2. The fourth-order valence-electron chi connectivity index (χ4n) is 4.36. The Balaban J connectivity index is 1.59. The van der Waals surface area contributed by atoms with Crippen LogP contribution in [0.2, 0.25) is 0 Å². The fraction of sp³-hybridized carbons (Fsp3) is 0.280. The van der Waals surface area contributed by atoms with Crippen molar-refractivity contribution in [2.75, 3.05) is 7.11 Å². The van der Waals surface area contributed by atoms with Crippen LogP contribution in [0.25, 0.3) is 11.7 Å². The molecule has 1 saturated carbocycles. The Labute approximate surface area is 206 Å². The van der Waals surface area contributed by atoms with Crippen LogP contribution in [0.3, 0.4) is 0 Å². The number of amides is 1. The normalized spacial score (nSPS) is 18.1. The van der Waals surface area contributed by atoms with E-state index >= 15 is 0 Å². The maximum Gasteiger partial charge on any atom is 0.269 e. The van der Waals surface area contributed by atoms with Crippen LogP contribution in [0.1, 0.15) is 37.7 Å². The van der Waals surface area contributed by atoms with Crippen LogP contribution in [0, 0.1) is 0 Å². The molecule has 0 radical (unpaired) electrons. The van der Waals surface area contributed by atoms with Crippen molar-refractivity contribution in [2.24, 2.45) is 0 Å². The van der Waals surface area contributed by atoms with E-state index in [1.165, 1.54) is 22.6 Å². The predicted molar refractivity (Wildman–Crippen MR) is 136 cm³/mol. The topological polar surface area (TPSA) is 73.1 Å². The van der Waals surface area contributed by atoms with E-state index in [0.717, 1.165) is 25.7 Å². The van der Waals surface area contributed by atoms with Crippen molar-refractivity contribution < 1.29 is 14.3 Å². The molecule has 1 aliphatic carbocycles.